The maximum Gasteiger partial charge on any atom is 0.241 e. The van der Waals surface area contributed by atoms with Crippen LogP contribution < -0.4 is 20.1 Å². The summed E-state index contributed by atoms with van der Waals surface area (Å²) in [5.74, 6) is 0.756. The summed E-state index contributed by atoms with van der Waals surface area (Å²) in [7, 11) is -5.01. The fraction of sp³-hybridized carbons (Fsp3) is 0.407. The second-order valence-corrected chi connectivity index (χ2v) is 10.3. The number of likely N-dealkylation sites (tertiary alicyclic amines) is 1. The van der Waals surface area contributed by atoms with E-state index in [2.05, 4.69) is 20.6 Å². The van der Waals surface area contributed by atoms with Crippen LogP contribution in [0.3, 0.4) is 0 Å². The second-order valence-electron chi connectivity index (χ2n) is 8.61. The van der Waals surface area contributed by atoms with Gasteiger partial charge in [0, 0.05) is 47.6 Å². The standard InChI is InChI=1S/C27H36N6O3S/c1-20-19-28-26(30-21-10-12-23(13-11-21)36-17-16-33-14-5-6-15-33)31-25(20)29-22-8-7-9-24(18-22)37(34,35)32-27(2,3)4/h7-13,18-19,32H,5-6,14-17H2,1-4H3,(H2,28,29,30,31)/i2D3,3D3,4D3,17D2. The number of aryl methyl sites for hydroxylation is 1. The minimum absolute atomic E-state index is 0.151. The number of nitrogens with zero attached hydrogens (tertiary/aromatic N) is 3. The van der Waals surface area contributed by atoms with Gasteiger partial charge in [0.05, 0.1) is 7.64 Å². The molecule has 0 unspecified atom stereocenters. The van der Waals surface area contributed by atoms with E-state index in [1.807, 2.05) is 4.90 Å². The van der Waals surface area contributed by atoms with Gasteiger partial charge in [0.15, 0.2) is 0 Å². The molecule has 1 saturated heterocycles. The van der Waals surface area contributed by atoms with Gasteiger partial charge in [0.1, 0.15) is 18.1 Å². The third-order valence-corrected chi connectivity index (χ3v) is 6.90. The Morgan fingerprint density at radius 1 is 1.08 bits per heavy atom. The first kappa shape index (κ1) is 15.9. The quantitative estimate of drug-likeness (QED) is 0.339. The number of nitrogens with one attached hydrogen (secondary N) is 3. The molecule has 0 radical (unpaired) electrons. The predicted octanol–water partition coefficient (Wildman–Crippen LogP) is 4.82. The zero-order valence-electron chi connectivity index (χ0n) is 31.2. The Labute approximate surface area is 235 Å². The fourth-order valence-electron chi connectivity index (χ4n) is 3.65. The minimum atomic E-state index is -5.01. The van der Waals surface area contributed by atoms with Crippen LogP contribution in [0.15, 0.2) is 59.6 Å². The molecule has 0 bridgehead atoms. The molecule has 9 nitrogen and oxygen atoms in total. The zero-order valence-corrected chi connectivity index (χ0v) is 21.0. The molecule has 10 heteroatoms. The van der Waals surface area contributed by atoms with Gasteiger partial charge in [-0.1, -0.05) is 6.07 Å². The fourth-order valence-corrected chi connectivity index (χ4v) is 4.71. The third-order valence-electron chi connectivity index (χ3n) is 5.45. The number of sulfonamides is 1. The van der Waals surface area contributed by atoms with Crippen LogP contribution in [0, 0.1) is 6.92 Å². The van der Waals surface area contributed by atoms with Crippen LogP contribution >= 0.6 is 0 Å². The van der Waals surface area contributed by atoms with E-state index in [0.717, 1.165) is 38.1 Å². The Bertz CT molecular complexity index is 1660. The van der Waals surface area contributed by atoms with E-state index in [-0.39, 0.29) is 24.0 Å². The van der Waals surface area contributed by atoms with Gasteiger partial charge >= 0.3 is 0 Å². The highest BCUT2D eigenvalue weighted by molar-refractivity contribution is 7.89. The van der Waals surface area contributed by atoms with Gasteiger partial charge in [0.25, 0.3) is 0 Å². The maximum atomic E-state index is 13.3. The number of rotatable bonds is 10. The monoisotopic (exact) mass is 535 g/mol. The lowest BCUT2D eigenvalue weighted by Gasteiger charge is -2.20. The smallest absolute Gasteiger partial charge is 0.241 e. The molecule has 3 N–H and O–H groups in total. The zero-order chi connectivity index (χ0) is 35.8. The summed E-state index contributed by atoms with van der Waals surface area (Å²) in [4.78, 5) is 10.1. The van der Waals surface area contributed by atoms with Gasteiger partial charge in [-0.25, -0.2) is 18.1 Å². The number of ether oxygens (including phenoxy) is 1. The van der Waals surface area contributed by atoms with Crippen molar-refractivity contribution in [2.75, 3.05) is 36.8 Å². The molecule has 4 rings (SSSR count). The van der Waals surface area contributed by atoms with Gasteiger partial charge in [-0.3, -0.25) is 4.90 Å². The summed E-state index contributed by atoms with van der Waals surface area (Å²) in [5, 5.41) is 5.97. The summed E-state index contributed by atoms with van der Waals surface area (Å²) in [6.45, 7) is -9.66. The highest BCUT2D eigenvalue weighted by Gasteiger charge is 2.22. The molecule has 0 saturated carbocycles. The molecule has 2 heterocycles. The topological polar surface area (TPSA) is 108 Å². The van der Waals surface area contributed by atoms with Crippen molar-refractivity contribution in [1.82, 2.24) is 19.6 Å². The molecular weight excluding hydrogens is 488 g/mol. The number of hydrogen-bond donors (Lipinski definition) is 3. The van der Waals surface area contributed by atoms with E-state index in [9.17, 15) is 8.42 Å². The van der Waals surface area contributed by atoms with Crippen LogP contribution in [0.1, 0.15) is 54.0 Å². The van der Waals surface area contributed by atoms with Gasteiger partial charge < -0.3 is 15.4 Å². The van der Waals surface area contributed by atoms with Crippen LogP contribution in [0.2, 0.25) is 0 Å². The largest absolute Gasteiger partial charge is 0.492 e. The highest BCUT2D eigenvalue weighted by Crippen LogP contribution is 2.24. The number of anilines is 4. The Hall–Kier alpha value is -3.21. The van der Waals surface area contributed by atoms with Gasteiger partial charge in [-0.05, 0) is 95.9 Å². The van der Waals surface area contributed by atoms with Crippen molar-refractivity contribution in [2.45, 2.75) is 50.8 Å². The van der Waals surface area contributed by atoms with Gasteiger partial charge in [0.2, 0.25) is 16.0 Å². The van der Waals surface area contributed by atoms with E-state index >= 15 is 0 Å². The Balaban J connectivity index is 1.51. The first-order valence-electron chi connectivity index (χ1n) is 17.1. The molecule has 2 aromatic carbocycles. The summed E-state index contributed by atoms with van der Waals surface area (Å²) < 4.78 is 120. The van der Waals surface area contributed by atoms with Crippen molar-refractivity contribution < 1.29 is 28.2 Å². The Kier molecular flexibility index (Phi) is 4.92. The average Bonchev–Trinajstić information content (AvgIpc) is 3.45. The molecule has 0 amide bonds. The molecular formula is C27H36N6O3S. The normalized spacial score (nSPS) is 20.3. The average molecular weight is 536 g/mol. The SMILES string of the molecule is [2H]C([2H])(CN1CCCC1)Oc1ccc(Nc2ncc(C)c(Nc3cccc(S(=O)(=O)NC(C([2H])([2H])[2H])(C([2H])([2H])[2H])C([2H])([2H])[2H])c3)n2)cc1. The van der Waals surface area contributed by atoms with Gasteiger partial charge in [-0.15, -0.1) is 0 Å². The van der Waals surface area contributed by atoms with E-state index < -0.39 is 47.6 Å². The van der Waals surface area contributed by atoms with E-state index in [4.69, 9.17) is 19.8 Å². The number of hydrogen-bond acceptors (Lipinski definition) is 8. The molecule has 198 valence electrons. The van der Waals surface area contributed by atoms with Crippen LogP contribution in [0.5, 0.6) is 5.75 Å². The molecule has 1 aliphatic heterocycles. The molecule has 1 fully saturated rings. The number of benzene rings is 2. The van der Waals surface area contributed by atoms with Crippen LogP contribution in [0.4, 0.5) is 23.1 Å². The maximum absolute atomic E-state index is 13.3. The molecule has 37 heavy (non-hydrogen) atoms. The van der Waals surface area contributed by atoms with Gasteiger partial charge in [-0.2, -0.15) is 4.98 Å². The summed E-state index contributed by atoms with van der Waals surface area (Å²) in [6, 6.07) is 11.4. The summed E-state index contributed by atoms with van der Waals surface area (Å²) in [6.07, 6.45) is 3.58. The van der Waals surface area contributed by atoms with Crippen molar-refractivity contribution in [3.05, 3.63) is 60.3 Å². The summed E-state index contributed by atoms with van der Waals surface area (Å²) >= 11 is 0. The van der Waals surface area contributed by atoms with Crippen molar-refractivity contribution in [1.29, 1.82) is 0 Å². The Morgan fingerprint density at radius 3 is 2.57 bits per heavy atom. The first-order chi connectivity index (χ1) is 22.0. The molecule has 1 aromatic heterocycles. The van der Waals surface area contributed by atoms with E-state index in [0.29, 0.717) is 17.0 Å². The molecule has 1 aliphatic rings. The van der Waals surface area contributed by atoms with Crippen molar-refractivity contribution in [3.63, 3.8) is 0 Å². The highest BCUT2D eigenvalue weighted by atomic mass is 32.2. The first-order valence-corrected chi connectivity index (χ1v) is 13.0. The Morgan fingerprint density at radius 2 is 1.84 bits per heavy atom. The lowest BCUT2D eigenvalue weighted by atomic mass is 10.1. The van der Waals surface area contributed by atoms with Crippen LogP contribution in [0.25, 0.3) is 0 Å². The third kappa shape index (κ3) is 7.88. The molecule has 0 spiro atoms. The number of aromatic nitrogens is 2. The lowest BCUT2D eigenvalue weighted by molar-refractivity contribution is 0.238. The predicted molar refractivity (Wildman–Crippen MR) is 147 cm³/mol. The van der Waals surface area contributed by atoms with Crippen molar-refractivity contribution in [2.24, 2.45) is 0 Å². The second kappa shape index (κ2) is 11.5. The lowest BCUT2D eigenvalue weighted by Crippen LogP contribution is -2.40. The molecule has 3 aromatic rings. The van der Waals surface area contributed by atoms with Crippen molar-refractivity contribution in [3.8, 4) is 5.75 Å². The minimum Gasteiger partial charge on any atom is -0.492 e. The summed E-state index contributed by atoms with van der Waals surface area (Å²) in [5.41, 5.74) is -2.51. The van der Waals surface area contributed by atoms with Crippen LogP contribution in [-0.2, 0) is 10.0 Å². The molecule has 0 atom stereocenters. The van der Waals surface area contributed by atoms with Crippen LogP contribution in [-0.4, -0.2) is 55.0 Å². The van der Waals surface area contributed by atoms with Crippen molar-refractivity contribution >= 4 is 33.2 Å². The molecule has 0 aliphatic carbocycles. The van der Waals surface area contributed by atoms with E-state index in [1.54, 1.807) is 31.2 Å². The van der Waals surface area contributed by atoms with E-state index in [1.165, 1.54) is 23.1 Å².